The molecule has 3 nitrogen and oxygen atoms in total. The van der Waals surface area contributed by atoms with Gasteiger partial charge in [0.05, 0.1) is 17.4 Å². The van der Waals surface area contributed by atoms with E-state index in [4.69, 9.17) is 5.26 Å². The van der Waals surface area contributed by atoms with Gasteiger partial charge in [0.15, 0.2) is 0 Å². The number of amides is 1. The average molecular weight is 339 g/mol. The molecule has 0 radical (unpaired) electrons. The van der Waals surface area contributed by atoms with Crippen LogP contribution in [0.2, 0.25) is 0 Å². The molecule has 20 heavy (non-hydrogen) atoms. The normalized spacial score (nSPS) is 43.1. The van der Waals surface area contributed by atoms with Crippen molar-refractivity contribution in [2.24, 2.45) is 23.2 Å². The van der Waals surface area contributed by atoms with Crippen LogP contribution in [0.5, 0.6) is 0 Å². The first-order valence-corrected chi connectivity index (χ1v) is 8.49. The Balaban J connectivity index is 1.79. The number of carbonyl (C=O) groups excluding carboxylic acids is 1. The Kier molecular flexibility index (Phi) is 3.40. The second kappa shape index (κ2) is 4.73. The maximum Gasteiger partial charge on any atom is 0.228 e. The Hall–Kier alpha value is -0.560. The summed E-state index contributed by atoms with van der Waals surface area (Å²) in [4.78, 5) is 14.8. The molecule has 0 heterocycles. The van der Waals surface area contributed by atoms with Crippen LogP contribution in [-0.2, 0) is 4.79 Å². The van der Waals surface area contributed by atoms with Crippen LogP contribution in [0.15, 0.2) is 0 Å². The van der Waals surface area contributed by atoms with Crippen molar-refractivity contribution in [3.05, 3.63) is 0 Å². The van der Waals surface area contributed by atoms with Gasteiger partial charge < -0.3 is 4.90 Å². The summed E-state index contributed by atoms with van der Waals surface area (Å²) < 4.78 is 0.217. The molecule has 4 rings (SSSR count). The SMILES string of the molecule is CC(C#N)CN(C)C(=O)C12CC3CC(CC(Br)(C3)C1)C2. The van der Waals surface area contributed by atoms with E-state index in [1.165, 1.54) is 19.3 Å². The molecule has 0 aromatic heterocycles. The van der Waals surface area contributed by atoms with Crippen molar-refractivity contribution < 1.29 is 4.79 Å². The van der Waals surface area contributed by atoms with E-state index >= 15 is 0 Å². The summed E-state index contributed by atoms with van der Waals surface area (Å²) in [7, 11) is 1.87. The number of hydrogen-bond donors (Lipinski definition) is 0. The van der Waals surface area contributed by atoms with Gasteiger partial charge in [0.25, 0.3) is 0 Å². The second-order valence-electron chi connectivity index (χ2n) is 7.61. The summed E-state index contributed by atoms with van der Waals surface area (Å²) in [5, 5.41) is 8.95. The van der Waals surface area contributed by atoms with Crippen molar-refractivity contribution in [1.29, 1.82) is 5.26 Å². The minimum atomic E-state index is -0.141. The van der Waals surface area contributed by atoms with E-state index in [0.29, 0.717) is 6.54 Å². The van der Waals surface area contributed by atoms with Crippen LogP contribution >= 0.6 is 15.9 Å². The van der Waals surface area contributed by atoms with Gasteiger partial charge in [-0.2, -0.15) is 5.26 Å². The number of alkyl halides is 1. The molecule has 1 amide bonds. The van der Waals surface area contributed by atoms with Gasteiger partial charge in [-0.1, -0.05) is 15.9 Å². The second-order valence-corrected chi connectivity index (χ2v) is 9.29. The third-order valence-electron chi connectivity index (χ3n) is 5.56. The first-order chi connectivity index (χ1) is 9.36. The topological polar surface area (TPSA) is 44.1 Å². The fraction of sp³-hybridized carbons (Fsp3) is 0.875. The van der Waals surface area contributed by atoms with Crippen molar-refractivity contribution in [1.82, 2.24) is 4.90 Å². The van der Waals surface area contributed by atoms with Gasteiger partial charge in [-0.25, -0.2) is 0 Å². The summed E-state index contributed by atoms with van der Waals surface area (Å²) >= 11 is 3.95. The lowest BCUT2D eigenvalue weighted by molar-refractivity contribution is -0.154. The molecular weight excluding hydrogens is 316 g/mol. The predicted molar refractivity (Wildman–Crippen MR) is 81.2 cm³/mol. The largest absolute Gasteiger partial charge is 0.344 e. The molecule has 110 valence electrons. The summed E-state index contributed by atoms with van der Waals surface area (Å²) in [6.07, 6.45) is 6.95. The Labute approximate surface area is 129 Å². The molecule has 0 N–H and O–H groups in total. The zero-order valence-electron chi connectivity index (χ0n) is 12.4. The molecule has 0 aromatic rings. The zero-order valence-corrected chi connectivity index (χ0v) is 13.9. The summed E-state index contributed by atoms with van der Waals surface area (Å²) in [5.41, 5.74) is -0.141. The zero-order chi connectivity index (χ0) is 14.5. The number of nitriles is 1. The van der Waals surface area contributed by atoms with E-state index in [-0.39, 0.29) is 21.6 Å². The minimum absolute atomic E-state index is 0.0872. The van der Waals surface area contributed by atoms with Crippen LogP contribution in [0.25, 0.3) is 0 Å². The average Bonchev–Trinajstić information content (AvgIpc) is 2.34. The quantitative estimate of drug-likeness (QED) is 0.740. The van der Waals surface area contributed by atoms with Crippen LogP contribution in [0.3, 0.4) is 0 Å². The van der Waals surface area contributed by atoms with Crippen LogP contribution in [0.4, 0.5) is 0 Å². The van der Waals surface area contributed by atoms with Crippen molar-refractivity contribution in [3.63, 3.8) is 0 Å². The molecule has 0 aromatic carbocycles. The predicted octanol–water partition coefficient (Wildman–Crippen LogP) is 3.34. The molecule has 0 aliphatic heterocycles. The van der Waals surface area contributed by atoms with Gasteiger partial charge in [0.1, 0.15) is 0 Å². The first kappa shape index (κ1) is 14.4. The Bertz CT molecular complexity index is 456. The first-order valence-electron chi connectivity index (χ1n) is 7.70. The van der Waals surface area contributed by atoms with E-state index in [0.717, 1.165) is 31.1 Å². The lowest BCUT2D eigenvalue weighted by Crippen LogP contribution is -2.58. The molecular formula is C16H23BrN2O. The van der Waals surface area contributed by atoms with E-state index in [1.807, 2.05) is 18.9 Å². The van der Waals surface area contributed by atoms with Crippen molar-refractivity contribution in [2.45, 2.75) is 49.8 Å². The third kappa shape index (κ3) is 2.28. The fourth-order valence-corrected chi connectivity index (χ4v) is 6.79. The van der Waals surface area contributed by atoms with E-state index in [1.54, 1.807) is 0 Å². The summed E-state index contributed by atoms with van der Waals surface area (Å²) in [6, 6.07) is 2.23. The number of rotatable bonds is 3. The fourth-order valence-electron chi connectivity index (χ4n) is 5.34. The molecule has 3 unspecified atom stereocenters. The molecule has 4 fully saturated rings. The van der Waals surface area contributed by atoms with Gasteiger partial charge >= 0.3 is 0 Å². The number of nitrogens with zero attached hydrogens (tertiary/aromatic N) is 2. The standard InChI is InChI=1S/C16H23BrN2O/c1-11(8-18)9-19(2)14(20)15-4-12-3-13(5-15)7-16(17,6-12)10-15/h11-13H,3-7,9-10H2,1-2H3. The lowest BCUT2D eigenvalue weighted by Gasteiger charge is -2.60. The Morgan fingerprint density at radius 2 is 2.00 bits per heavy atom. The molecule has 0 saturated heterocycles. The van der Waals surface area contributed by atoms with Gasteiger partial charge in [-0.15, -0.1) is 0 Å². The van der Waals surface area contributed by atoms with Gasteiger partial charge in [-0.3, -0.25) is 4.79 Å². The van der Waals surface area contributed by atoms with Crippen molar-refractivity contribution in [2.75, 3.05) is 13.6 Å². The van der Waals surface area contributed by atoms with Crippen LogP contribution in [-0.4, -0.2) is 28.7 Å². The van der Waals surface area contributed by atoms with Crippen LogP contribution in [0, 0.1) is 34.5 Å². The molecule has 4 saturated carbocycles. The van der Waals surface area contributed by atoms with Gasteiger partial charge in [-0.05, 0) is 57.3 Å². The monoisotopic (exact) mass is 338 g/mol. The number of halogens is 1. The Morgan fingerprint density at radius 1 is 1.40 bits per heavy atom. The highest BCUT2D eigenvalue weighted by Crippen LogP contribution is 2.64. The van der Waals surface area contributed by atoms with Crippen molar-refractivity contribution >= 4 is 21.8 Å². The third-order valence-corrected chi connectivity index (χ3v) is 6.49. The van der Waals surface area contributed by atoms with Gasteiger partial charge in [0.2, 0.25) is 5.91 Å². The smallest absolute Gasteiger partial charge is 0.228 e. The Morgan fingerprint density at radius 3 is 2.50 bits per heavy atom. The van der Waals surface area contributed by atoms with E-state index < -0.39 is 0 Å². The molecule has 4 heteroatoms. The van der Waals surface area contributed by atoms with E-state index in [9.17, 15) is 4.79 Å². The maximum atomic E-state index is 13.0. The van der Waals surface area contributed by atoms with E-state index in [2.05, 4.69) is 22.0 Å². The molecule has 4 aliphatic carbocycles. The van der Waals surface area contributed by atoms with Crippen molar-refractivity contribution in [3.8, 4) is 6.07 Å². The number of carbonyl (C=O) groups is 1. The van der Waals surface area contributed by atoms with Crippen LogP contribution in [0.1, 0.15) is 45.4 Å². The summed E-state index contributed by atoms with van der Waals surface area (Å²) in [6.45, 7) is 2.44. The molecule has 3 atom stereocenters. The number of hydrogen-bond acceptors (Lipinski definition) is 2. The molecule has 0 spiro atoms. The van der Waals surface area contributed by atoms with Crippen LogP contribution < -0.4 is 0 Å². The molecule has 4 aliphatic rings. The summed E-state index contributed by atoms with van der Waals surface area (Å²) in [5.74, 6) is 1.65. The van der Waals surface area contributed by atoms with Gasteiger partial charge in [0, 0.05) is 17.9 Å². The highest BCUT2D eigenvalue weighted by atomic mass is 79.9. The molecule has 4 bridgehead atoms. The lowest BCUT2D eigenvalue weighted by atomic mass is 9.49. The minimum Gasteiger partial charge on any atom is -0.344 e. The highest BCUT2D eigenvalue weighted by Gasteiger charge is 2.60. The maximum absolute atomic E-state index is 13.0. The highest BCUT2D eigenvalue weighted by molar-refractivity contribution is 9.10.